The van der Waals surface area contributed by atoms with Crippen LogP contribution in [0, 0.1) is 0 Å². The molecule has 0 saturated heterocycles. The smallest absolute Gasteiger partial charge is 0.122 e. The van der Waals surface area contributed by atoms with Crippen LogP contribution in [0.1, 0.15) is 30.9 Å². The number of benzene rings is 2. The molecule has 0 unspecified atom stereocenters. The Morgan fingerprint density at radius 2 is 1.90 bits per heavy atom. The molecule has 0 radical (unpaired) electrons. The van der Waals surface area contributed by atoms with E-state index in [0.717, 1.165) is 29.4 Å². The van der Waals surface area contributed by atoms with Gasteiger partial charge in [-0.2, -0.15) is 0 Å². The van der Waals surface area contributed by atoms with Gasteiger partial charge in [0.2, 0.25) is 0 Å². The summed E-state index contributed by atoms with van der Waals surface area (Å²) in [4.78, 5) is 2.42. The molecular weight excluding hydrogens is 278 g/mol. The summed E-state index contributed by atoms with van der Waals surface area (Å²) in [5.74, 6) is 0.862. The van der Waals surface area contributed by atoms with Crippen molar-refractivity contribution in [3.8, 4) is 5.75 Å². The lowest BCUT2D eigenvalue weighted by Gasteiger charge is -2.09. The predicted molar refractivity (Wildman–Crippen MR) is 89.2 cm³/mol. The van der Waals surface area contributed by atoms with E-state index in [2.05, 4.69) is 31.2 Å². The van der Waals surface area contributed by atoms with Gasteiger partial charge >= 0.3 is 0 Å². The van der Waals surface area contributed by atoms with Crippen molar-refractivity contribution in [2.24, 2.45) is 0 Å². The highest BCUT2D eigenvalue weighted by Crippen LogP contribution is 2.34. The second-order valence-electron chi connectivity index (χ2n) is 5.47. The summed E-state index contributed by atoms with van der Waals surface area (Å²) in [6.45, 7) is 2.83. The van der Waals surface area contributed by atoms with E-state index in [4.69, 9.17) is 10.5 Å². The summed E-state index contributed by atoms with van der Waals surface area (Å²) in [6.07, 6.45) is 4.73. The lowest BCUT2D eigenvalue weighted by atomic mass is 10.1. The van der Waals surface area contributed by atoms with Crippen LogP contribution in [0.4, 0.5) is 5.69 Å². The van der Waals surface area contributed by atoms with Crippen LogP contribution >= 0.6 is 11.8 Å². The minimum atomic E-state index is 0.729. The van der Waals surface area contributed by atoms with Crippen LogP contribution in [-0.4, -0.2) is 6.61 Å². The average molecular weight is 299 g/mol. The molecule has 0 aliphatic heterocycles. The van der Waals surface area contributed by atoms with Crippen molar-refractivity contribution in [1.29, 1.82) is 0 Å². The largest absolute Gasteiger partial charge is 0.493 e. The van der Waals surface area contributed by atoms with Gasteiger partial charge in [-0.15, -0.1) is 0 Å². The van der Waals surface area contributed by atoms with Crippen molar-refractivity contribution in [1.82, 2.24) is 0 Å². The SMILES string of the molecule is CCCOc1cc(N)cc(Sc2ccc3c(c2)CCC3)c1. The normalized spacial score (nSPS) is 13.2. The minimum Gasteiger partial charge on any atom is -0.493 e. The van der Waals surface area contributed by atoms with Crippen LogP contribution in [0.25, 0.3) is 0 Å². The summed E-state index contributed by atoms with van der Waals surface area (Å²) in [7, 11) is 0. The van der Waals surface area contributed by atoms with E-state index < -0.39 is 0 Å². The summed E-state index contributed by atoms with van der Waals surface area (Å²) < 4.78 is 5.70. The monoisotopic (exact) mass is 299 g/mol. The zero-order valence-electron chi connectivity index (χ0n) is 12.4. The molecular formula is C18H21NOS. The van der Waals surface area contributed by atoms with E-state index in [9.17, 15) is 0 Å². The van der Waals surface area contributed by atoms with Crippen LogP contribution in [0.5, 0.6) is 5.75 Å². The van der Waals surface area contributed by atoms with Crippen LogP contribution in [0.2, 0.25) is 0 Å². The van der Waals surface area contributed by atoms with Gasteiger partial charge in [-0.25, -0.2) is 0 Å². The van der Waals surface area contributed by atoms with E-state index in [1.165, 1.54) is 35.3 Å². The molecule has 3 rings (SSSR count). The quantitative estimate of drug-likeness (QED) is 0.813. The molecule has 2 aromatic carbocycles. The van der Waals surface area contributed by atoms with Gasteiger partial charge in [-0.1, -0.05) is 24.8 Å². The van der Waals surface area contributed by atoms with E-state index in [-0.39, 0.29) is 0 Å². The number of nitrogens with two attached hydrogens (primary N) is 1. The number of fused-ring (bicyclic) bond motifs is 1. The maximum Gasteiger partial charge on any atom is 0.122 e. The Morgan fingerprint density at radius 3 is 2.76 bits per heavy atom. The number of rotatable bonds is 5. The molecule has 3 heteroatoms. The molecule has 0 atom stereocenters. The molecule has 0 heterocycles. The first-order chi connectivity index (χ1) is 10.2. The van der Waals surface area contributed by atoms with Crippen molar-refractivity contribution in [2.75, 3.05) is 12.3 Å². The van der Waals surface area contributed by atoms with Crippen LogP contribution in [-0.2, 0) is 12.8 Å². The third-order valence-electron chi connectivity index (χ3n) is 3.68. The van der Waals surface area contributed by atoms with E-state index >= 15 is 0 Å². The maximum atomic E-state index is 5.98. The zero-order valence-corrected chi connectivity index (χ0v) is 13.2. The fraction of sp³-hybridized carbons (Fsp3) is 0.333. The van der Waals surface area contributed by atoms with Crippen LogP contribution in [0.3, 0.4) is 0 Å². The Hall–Kier alpha value is -1.61. The van der Waals surface area contributed by atoms with Gasteiger partial charge in [-0.3, -0.25) is 0 Å². The lowest BCUT2D eigenvalue weighted by Crippen LogP contribution is -1.96. The predicted octanol–water partition coefficient (Wildman–Crippen LogP) is 4.70. The van der Waals surface area contributed by atoms with Crippen molar-refractivity contribution in [3.05, 3.63) is 47.5 Å². The first kappa shape index (κ1) is 14.3. The van der Waals surface area contributed by atoms with Gasteiger partial charge in [-0.05, 0) is 61.1 Å². The molecule has 0 bridgehead atoms. The molecule has 0 saturated carbocycles. The molecule has 1 aliphatic rings. The number of nitrogen functional groups attached to an aromatic ring is 1. The number of hydrogen-bond donors (Lipinski definition) is 1. The Balaban J connectivity index is 1.79. The van der Waals surface area contributed by atoms with Crippen molar-refractivity contribution < 1.29 is 4.74 Å². The maximum absolute atomic E-state index is 5.98. The molecule has 0 amide bonds. The van der Waals surface area contributed by atoms with Gasteiger partial charge in [0.05, 0.1) is 6.61 Å². The molecule has 1 aliphatic carbocycles. The van der Waals surface area contributed by atoms with Crippen LogP contribution in [0.15, 0.2) is 46.2 Å². The minimum absolute atomic E-state index is 0.729. The summed E-state index contributed by atoms with van der Waals surface area (Å²) in [5, 5.41) is 0. The van der Waals surface area contributed by atoms with Crippen LogP contribution < -0.4 is 10.5 Å². The Labute approximate surface area is 130 Å². The fourth-order valence-electron chi connectivity index (χ4n) is 2.70. The highest BCUT2D eigenvalue weighted by atomic mass is 32.2. The molecule has 2 N–H and O–H groups in total. The lowest BCUT2D eigenvalue weighted by molar-refractivity contribution is 0.317. The highest BCUT2D eigenvalue weighted by Gasteiger charge is 2.11. The summed E-state index contributed by atoms with van der Waals surface area (Å²) >= 11 is 1.76. The van der Waals surface area contributed by atoms with Crippen molar-refractivity contribution in [2.45, 2.75) is 42.4 Å². The Morgan fingerprint density at radius 1 is 1.05 bits per heavy atom. The second-order valence-corrected chi connectivity index (χ2v) is 6.62. The number of anilines is 1. The average Bonchev–Trinajstić information content (AvgIpc) is 2.92. The molecule has 110 valence electrons. The summed E-state index contributed by atoms with van der Waals surface area (Å²) in [5.41, 5.74) is 9.76. The Kier molecular flexibility index (Phi) is 4.39. The molecule has 0 aromatic heterocycles. The zero-order chi connectivity index (χ0) is 14.7. The number of hydrogen-bond acceptors (Lipinski definition) is 3. The standard InChI is InChI=1S/C18H21NOS/c1-2-8-20-16-10-15(19)11-18(12-16)21-17-7-6-13-4-3-5-14(13)9-17/h6-7,9-12H,2-5,8,19H2,1H3. The van der Waals surface area contributed by atoms with E-state index in [1.54, 1.807) is 11.8 Å². The second kappa shape index (κ2) is 6.44. The van der Waals surface area contributed by atoms with Gasteiger partial charge in [0.1, 0.15) is 5.75 Å². The van der Waals surface area contributed by atoms with Gasteiger partial charge in [0, 0.05) is 21.5 Å². The van der Waals surface area contributed by atoms with Crippen molar-refractivity contribution >= 4 is 17.4 Å². The third-order valence-corrected chi connectivity index (χ3v) is 4.64. The van der Waals surface area contributed by atoms with E-state index in [1.807, 2.05) is 12.1 Å². The number of aryl methyl sites for hydroxylation is 2. The number of ether oxygens (including phenoxy) is 1. The third kappa shape index (κ3) is 3.53. The first-order valence-corrected chi connectivity index (χ1v) is 8.39. The van der Waals surface area contributed by atoms with Crippen molar-refractivity contribution in [3.63, 3.8) is 0 Å². The Bertz CT molecular complexity index is 639. The molecule has 2 aromatic rings. The molecule has 0 fully saturated rings. The summed E-state index contributed by atoms with van der Waals surface area (Å²) in [6, 6.07) is 12.8. The first-order valence-electron chi connectivity index (χ1n) is 7.57. The van der Waals surface area contributed by atoms with Gasteiger partial charge < -0.3 is 10.5 Å². The molecule has 0 spiro atoms. The van der Waals surface area contributed by atoms with E-state index in [0.29, 0.717) is 0 Å². The fourth-order valence-corrected chi connectivity index (χ4v) is 3.68. The topological polar surface area (TPSA) is 35.2 Å². The van der Waals surface area contributed by atoms with Gasteiger partial charge in [0.15, 0.2) is 0 Å². The highest BCUT2D eigenvalue weighted by molar-refractivity contribution is 7.99. The molecule has 2 nitrogen and oxygen atoms in total. The molecule has 21 heavy (non-hydrogen) atoms. The van der Waals surface area contributed by atoms with Gasteiger partial charge in [0.25, 0.3) is 0 Å².